The van der Waals surface area contributed by atoms with Gasteiger partial charge in [-0.3, -0.25) is 18.3 Å². The summed E-state index contributed by atoms with van der Waals surface area (Å²) in [6, 6.07) is 116. The summed E-state index contributed by atoms with van der Waals surface area (Å²) in [7, 11) is 0. The largest absolute Gasteiger partial charge is 0.324 e. The zero-order valence-corrected chi connectivity index (χ0v) is 72.6. The summed E-state index contributed by atoms with van der Waals surface area (Å²) in [4.78, 5) is 101. The predicted molar refractivity (Wildman–Crippen MR) is 546 cm³/mol. The SMILES string of the molecule is c1ccc2c(c1)-c1nc-2nc2[nH]c(nc3nc(nc4[nH]c(n1)c1ccccc41)-c1ccccc1-3)c1ccccc21.c1ccc2c(c1)C1=NC2=Nc2c3ccccc3c3n2Cn2c(c4ccccc4c2=NC2=NC(=N3)c3ccccc32)=N1.c1ccc2c3c(ccc2c1)C1=Nc2c4c(ccc5ccccc54)c4n2Cn2c(c5ccc6ccccc6c5c2=NC2=NC(=N4)c4c2ccc2ccccc42)=NC3=N1. The molecule has 0 aliphatic carbocycles. The normalized spacial score (nSPS) is 14.3. The van der Waals surface area contributed by atoms with Crippen LogP contribution in [0.2, 0.25) is 0 Å². The molecule has 20 bridgehead atoms. The van der Waals surface area contributed by atoms with Crippen LogP contribution >= 0.6 is 0 Å². The fourth-order valence-electron chi connectivity index (χ4n) is 21.5. The van der Waals surface area contributed by atoms with Gasteiger partial charge in [0.05, 0.1) is 0 Å². The molecule has 0 saturated heterocycles. The van der Waals surface area contributed by atoms with Crippen molar-refractivity contribution in [2.45, 2.75) is 13.3 Å². The van der Waals surface area contributed by atoms with E-state index in [0.717, 1.165) is 220 Å². The number of nitrogens with zero attached hydrogens (tertiary/aromatic N) is 22. The Balaban J connectivity index is 0.0000000981. The summed E-state index contributed by atoms with van der Waals surface area (Å²) in [5.41, 5.74) is 17.3. The molecule has 10 aliphatic rings. The molecule has 7 aromatic heterocycles. The van der Waals surface area contributed by atoms with Crippen molar-refractivity contribution in [3.05, 3.63) is 406 Å². The summed E-state index contributed by atoms with van der Waals surface area (Å²) < 4.78 is 8.79. The lowest BCUT2D eigenvalue weighted by Crippen LogP contribution is -2.32. The molecule has 0 fully saturated rings. The van der Waals surface area contributed by atoms with E-state index in [2.05, 4.69) is 222 Å². The van der Waals surface area contributed by atoms with Crippen molar-refractivity contribution < 1.29 is 0 Å². The molecule has 0 spiro atoms. The van der Waals surface area contributed by atoms with Gasteiger partial charge in [0.15, 0.2) is 70.0 Å². The number of amidine groups is 8. The van der Waals surface area contributed by atoms with E-state index in [0.29, 0.717) is 106 Å². The number of hydrogen-bond acceptors (Lipinski definition) is 18. The monoisotopic (exact) mass is 1770 g/mol. The van der Waals surface area contributed by atoms with Gasteiger partial charge in [0, 0.05) is 131 Å². The first-order valence-corrected chi connectivity index (χ1v) is 45.7. The number of benzene rings is 16. The molecular formula is C114H62N24. The summed E-state index contributed by atoms with van der Waals surface area (Å²) in [6.07, 6.45) is 0. The van der Waals surface area contributed by atoms with Gasteiger partial charge < -0.3 is 9.97 Å². The Kier molecular flexibility index (Phi) is 15.1. The lowest BCUT2D eigenvalue weighted by molar-refractivity contribution is 0.584. The van der Waals surface area contributed by atoms with E-state index in [1.54, 1.807) is 0 Å². The van der Waals surface area contributed by atoms with Crippen LogP contribution in [-0.4, -0.2) is 105 Å². The van der Waals surface area contributed by atoms with Crippen molar-refractivity contribution >= 4 is 200 Å². The Bertz CT molecular complexity index is 9990. The fraction of sp³-hybridized carbons (Fsp3) is 0.0175. The standard InChI is InChI=1S/C49H26N8.C33H18N8.C32H18N8/c1-5-13-30-26(9-1)17-21-34-38(30)44-50-42(34)52-48-41-33-16-8-4-12-29(33)20-24-37(41)47-55-45-39-31-14-6-2-10-27(31)18-22-35(39)43(51-45)53-49-40-32-15-7-3-11-28(32)19-23-36(40)46(54-44)56(49)25-57(47)48;1-2-10-19-18(9-1)26-34-27(19)37-31-24-15-7-8-16-25(24)33-39-29-21-12-4-3-11-20(21)28(35-29)38-32-23-14-6-5-13-22(23)30(36-26)40(32)17-41(31)33;1-2-10-18-17(9-1)25-33-26(18)38-28-21-13-5-6-14-22(21)30(35-28)40-32-24-16-8-7-15-23(24)31(36-32)39-29-20-12-4-3-11-19(20)27(34-29)37-25/h1-24H,25H2;1-16H,17H2;1-16H,(H2,33,34,35,36,37,38,39,40). The van der Waals surface area contributed by atoms with E-state index < -0.39 is 0 Å². The molecule has 2 N–H and O–H groups in total. The number of aromatic nitrogens is 12. The van der Waals surface area contributed by atoms with E-state index in [1.165, 1.54) is 0 Å². The van der Waals surface area contributed by atoms with Gasteiger partial charge in [-0.15, -0.1) is 0 Å². The van der Waals surface area contributed by atoms with Crippen LogP contribution in [0.5, 0.6) is 0 Å². The molecule has 0 atom stereocenters. The van der Waals surface area contributed by atoms with Gasteiger partial charge in [0.25, 0.3) is 0 Å². The first-order valence-electron chi connectivity index (χ1n) is 45.7. The Hall–Kier alpha value is -19.4. The smallest absolute Gasteiger partial charge is 0.165 e. The molecule has 33 rings (SSSR count). The molecule has 10 aliphatic heterocycles. The third-order valence-electron chi connectivity index (χ3n) is 27.8. The highest BCUT2D eigenvalue weighted by molar-refractivity contribution is 6.32. The van der Waals surface area contributed by atoms with Crippen molar-refractivity contribution in [1.82, 2.24) is 58.1 Å². The van der Waals surface area contributed by atoms with Crippen LogP contribution in [0.15, 0.2) is 400 Å². The van der Waals surface area contributed by atoms with Crippen LogP contribution in [-0.2, 0) is 13.3 Å². The summed E-state index contributed by atoms with van der Waals surface area (Å²) in [6.45, 7) is 0.781. The lowest BCUT2D eigenvalue weighted by Gasteiger charge is -2.13. The molecule has 638 valence electrons. The van der Waals surface area contributed by atoms with Gasteiger partial charge in [-0.2, -0.15) is 0 Å². The zero-order valence-electron chi connectivity index (χ0n) is 72.6. The van der Waals surface area contributed by atoms with E-state index in [-0.39, 0.29) is 0 Å². The Morgan fingerprint density at radius 2 is 0.442 bits per heavy atom. The number of fused-ring (bicyclic) bond motifs is 56. The topological polar surface area (TPSA) is 277 Å². The van der Waals surface area contributed by atoms with Gasteiger partial charge in [-0.25, -0.2) is 89.8 Å². The summed E-state index contributed by atoms with van der Waals surface area (Å²) in [5, 5.41) is 20.7. The average molecular weight is 1770 g/mol. The molecular weight excluding hydrogens is 1710 g/mol. The first-order chi connectivity index (χ1) is 68.4. The number of aromatic amines is 2. The van der Waals surface area contributed by atoms with Crippen LogP contribution in [0.25, 0.3) is 176 Å². The Morgan fingerprint density at radius 1 is 0.167 bits per heavy atom. The number of H-pyrrole nitrogens is 2. The molecule has 24 heteroatoms. The molecule has 0 saturated carbocycles. The Labute approximate surface area is 778 Å². The van der Waals surface area contributed by atoms with Gasteiger partial charge in [0.1, 0.15) is 81.1 Å². The van der Waals surface area contributed by atoms with E-state index in [1.807, 2.05) is 146 Å². The number of aliphatic imine (C=N–C) groups is 8. The van der Waals surface area contributed by atoms with E-state index in [4.69, 9.17) is 89.8 Å². The third kappa shape index (κ3) is 10.8. The maximum absolute atomic E-state index is 5.58. The van der Waals surface area contributed by atoms with Crippen LogP contribution in [0.4, 0.5) is 23.3 Å². The van der Waals surface area contributed by atoms with Gasteiger partial charge in [-0.1, -0.05) is 315 Å². The van der Waals surface area contributed by atoms with Gasteiger partial charge in [0.2, 0.25) is 0 Å². The van der Waals surface area contributed by atoms with E-state index in [9.17, 15) is 0 Å². The highest BCUT2D eigenvalue weighted by atomic mass is 15.3. The fourth-order valence-corrected chi connectivity index (χ4v) is 21.5. The predicted octanol–water partition coefficient (Wildman–Crippen LogP) is 21.6. The number of rotatable bonds is 0. The maximum atomic E-state index is 5.58. The maximum Gasteiger partial charge on any atom is 0.165 e. The highest BCUT2D eigenvalue weighted by Gasteiger charge is 2.36. The van der Waals surface area contributed by atoms with Crippen LogP contribution in [0.3, 0.4) is 0 Å². The summed E-state index contributed by atoms with van der Waals surface area (Å²) >= 11 is 0. The molecule has 17 heterocycles. The molecule has 0 amide bonds. The van der Waals surface area contributed by atoms with Gasteiger partial charge >= 0.3 is 0 Å². The molecule has 16 aromatic carbocycles. The number of hydrogen-bond donors (Lipinski definition) is 2. The van der Waals surface area contributed by atoms with Crippen molar-refractivity contribution in [3.8, 4) is 45.6 Å². The average Bonchev–Trinajstić information content (AvgIpc) is 1.54. The minimum atomic E-state index is 0.358. The van der Waals surface area contributed by atoms with Crippen molar-refractivity contribution in [2.24, 2.45) is 59.9 Å². The quantitative estimate of drug-likeness (QED) is 0.149. The Morgan fingerprint density at radius 3 is 0.899 bits per heavy atom. The van der Waals surface area contributed by atoms with Crippen molar-refractivity contribution in [1.29, 1.82) is 0 Å². The highest BCUT2D eigenvalue weighted by Crippen LogP contribution is 2.48. The van der Waals surface area contributed by atoms with Gasteiger partial charge in [-0.05, 0) is 67.4 Å². The summed E-state index contributed by atoms with van der Waals surface area (Å²) in [5.74, 6) is 10.7. The third-order valence-corrected chi connectivity index (χ3v) is 27.8. The molecule has 138 heavy (non-hydrogen) atoms. The molecule has 0 radical (unpaired) electrons. The minimum absolute atomic E-state index is 0.358. The zero-order chi connectivity index (χ0) is 89.8. The van der Waals surface area contributed by atoms with E-state index >= 15 is 0 Å². The molecule has 23 aromatic rings. The molecule has 0 unspecified atom stereocenters. The second-order valence-corrected chi connectivity index (χ2v) is 35.3. The van der Waals surface area contributed by atoms with Crippen LogP contribution in [0, 0.1) is 0 Å². The minimum Gasteiger partial charge on any atom is -0.324 e. The van der Waals surface area contributed by atoms with Crippen molar-refractivity contribution in [2.75, 3.05) is 0 Å². The van der Waals surface area contributed by atoms with Crippen molar-refractivity contribution in [3.63, 3.8) is 0 Å². The van der Waals surface area contributed by atoms with Crippen LogP contribution in [0.1, 0.15) is 44.5 Å². The second kappa shape index (κ2) is 28.1. The second-order valence-electron chi connectivity index (χ2n) is 35.3. The molecule has 24 nitrogen and oxygen atoms in total. The first kappa shape index (κ1) is 74.3. The number of nitrogens with one attached hydrogen (secondary N) is 2. The lowest BCUT2D eigenvalue weighted by atomic mass is 9.99. The van der Waals surface area contributed by atoms with Crippen LogP contribution < -0.4 is 22.0 Å².